The fourth-order valence-corrected chi connectivity index (χ4v) is 2.26. The van der Waals surface area contributed by atoms with Gasteiger partial charge in [0.05, 0.1) is 5.92 Å². The first kappa shape index (κ1) is 15.2. The molecule has 0 saturated carbocycles. The predicted molar refractivity (Wildman–Crippen MR) is 85.0 cm³/mol. The number of nitrogens with zero attached hydrogens (tertiary/aromatic N) is 1. The monoisotopic (exact) mass is 282 g/mol. The van der Waals surface area contributed by atoms with Crippen LogP contribution in [-0.4, -0.2) is 16.4 Å². The molecule has 21 heavy (non-hydrogen) atoms. The molecule has 0 aliphatic carbocycles. The van der Waals surface area contributed by atoms with Gasteiger partial charge in [-0.3, -0.25) is 9.78 Å². The van der Waals surface area contributed by atoms with Crippen molar-refractivity contribution in [3.63, 3.8) is 0 Å². The first-order valence-corrected chi connectivity index (χ1v) is 7.21. The molecule has 1 heterocycles. The Hall–Kier alpha value is -2.16. The molecule has 1 N–H and O–H groups in total. The molecule has 3 heteroatoms. The summed E-state index contributed by atoms with van der Waals surface area (Å²) in [5.74, 6) is -0.127. The number of pyridine rings is 1. The highest BCUT2D eigenvalue weighted by Crippen LogP contribution is 2.22. The summed E-state index contributed by atoms with van der Waals surface area (Å²) in [4.78, 5) is 16.7. The average Bonchev–Trinajstić information content (AvgIpc) is 2.45. The first-order chi connectivity index (χ1) is 9.96. The third-order valence-electron chi connectivity index (χ3n) is 3.21. The van der Waals surface area contributed by atoms with Crippen molar-refractivity contribution in [1.29, 1.82) is 0 Å². The maximum Gasteiger partial charge on any atom is 0.228 e. The van der Waals surface area contributed by atoms with Gasteiger partial charge in [0.25, 0.3) is 0 Å². The molecular weight excluding hydrogens is 260 g/mol. The fourth-order valence-electron chi connectivity index (χ4n) is 2.26. The molecule has 0 bridgehead atoms. The number of aromatic nitrogens is 1. The van der Waals surface area contributed by atoms with Crippen LogP contribution >= 0.6 is 0 Å². The molecule has 110 valence electrons. The standard InChI is InChI=1S/C18H22N2O/c1-18(2,3)20-17(21)16(15-7-5-4-6-8-15)13-14-9-11-19-12-10-14/h4-12,16H,13H2,1-3H3,(H,20,21). The van der Waals surface area contributed by atoms with Crippen molar-refractivity contribution in [3.05, 3.63) is 66.0 Å². The quantitative estimate of drug-likeness (QED) is 0.934. The second-order valence-corrected chi connectivity index (χ2v) is 6.26. The molecule has 0 aliphatic rings. The van der Waals surface area contributed by atoms with Gasteiger partial charge in [0.2, 0.25) is 5.91 Å². The molecule has 0 spiro atoms. The van der Waals surface area contributed by atoms with Gasteiger partial charge in [-0.05, 0) is 50.5 Å². The van der Waals surface area contributed by atoms with Crippen molar-refractivity contribution < 1.29 is 4.79 Å². The van der Waals surface area contributed by atoms with E-state index in [0.29, 0.717) is 6.42 Å². The Balaban J connectivity index is 2.25. The number of carbonyl (C=O) groups excluding carboxylic acids is 1. The van der Waals surface area contributed by atoms with Gasteiger partial charge in [-0.25, -0.2) is 0 Å². The van der Waals surface area contributed by atoms with Gasteiger partial charge in [-0.15, -0.1) is 0 Å². The van der Waals surface area contributed by atoms with Crippen LogP contribution in [0.15, 0.2) is 54.9 Å². The zero-order valence-electron chi connectivity index (χ0n) is 12.8. The third kappa shape index (κ3) is 4.71. The van der Waals surface area contributed by atoms with E-state index in [-0.39, 0.29) is 17.4 Å². The summed E-state index contributed by atoms with van der Waals surface area (Å²) >= 11 is 0. The highest BCUT2D eigenvalue weighted by Gasteiger charge is 2.24. The lowest BCUT2D eigenvalue weighted by molar-refractivity contribution is -0.124. The van der Waals surface area contributed by atoms with Crippen LogP contribution in [-0.2, 0) is 11.2 Å². The van der Waals surface area contributed by atoms with E-state index < -0.39 is 0 Å². The number of rotatable bonds is 4. The van der Waals surface area contributed by atoms with Crippen molar-refractivity contribution in [3.8, 4) is 0 Å². The van der Waals surface area contributed by atoms with Gasteiger partial charge < -0.3 is 5.32 Å². The second kappa shape index (κ2) is 6.53. The molecular formula is C18H22N2O. The largest absolute Gasteiger partial charge is 0.351 e. The highest BCUT2D eigenvalue weighted by atomic mass is 16.2. The number of nitrogens with one attached hydrogen (secondary N) is 1. The molecule has 0 radical (unpaired) electrons. The Labute approximate surface area is 126 Å². The first-order valence-electron chi connectivity index (χ1n) is 7.21. The van der Waals surface area contributed by atoms with E-state index in [2.05, 4.69) is 10.3 Å². The molecule has 2 rings (SSSR count). The van der Waals surface area contributed by atoms with Crippen molar-refractivity contribution in [2.75, 3.05) is 0 Å². The number of hydrogen-bond donors (Lipinski definition) is 1. The number of benzene rings is 1. The van der Waals surface area contributed by atoms with Gasteiger partial charge in [0.15, 0.2) is 0 Å². The van der Waals surface area contributed by atoms with Gasteiger partial charge in [-0.1, -0.05) is 30.3 Å². The third-order valence-corrected chi connectivity index (χ3v) is 3.21. The van der Waals surface area contributed by atoms with Crippen LogP contribution in [0, 0.1) is 0 Å². The minimum atomic E-state index is -0.234. The van der Waals surface area contributed by atoms with E-state index in [9.17, 15) is 4.79 Å². The molecule has 1 aromatic carbocycles. The molecule has 1 amide bonds. The Morgan fingerprint density at radius 3 is 2.29 bits per heavy atom. The molecule has 0 fully saturated rings. The van der Waals surface area contributed by atoms with E-state index in [1.165, 1.54) is 0 Å². The van der Waals surface area contributed by atoms with Crippen LogP contribution in [0.1, 0.15) is 37.8 Å². The van der Waals surface area contributed by atoms with Gasteiger partial charge in [-0.2, -0.15) is 0 Å². The van der Waals surface area contributed by atoms with Crippen molar-refractivity contribution in [1.82, 2.24) is 10.3 Å². The summed E-state index contributed by atoms with van der Waals surface area (Å²) < 4.78 is 0. The Bertz CT molecular complexity index is 573. The maximum atomic E-state index is 12.6. The maximum absolute atomic E-state index is 12.6. The lowest BCUT2D eigenvalue weighted by atomic mass is 9.90. The number of hydrogen-bond acceptors (Lipinski definition) is 2. The zero-order valence-corrected chi connectivity index (χ0v) is 12.8. The van der Waals surface area contributed by atoms with E-state index in [4.69, 9.17) is 0 Å². The molecule has 1 unspecified atom stereocenters. The summed E-state index contributed by atoms with van der Waals surface area (Å²) in [6.45, 7) is 6.00. The van der Waals surface area contributed by atoms with Crippen molar-refractivity contribution in [2.45, 2.75) is 38.6 Å². The van der Waals surface area contributed by atoms with Gasteiger partial charge in [0, 0.05) is 17.9 Å². The predicted octanol–water partition coefficient (Wildman–Crippen LogP) is 3.32. The van der Waals surface area contributed by atoms with E-state index in [0.717, 1.165) is 11.1 Å². The fraction of sp³-hybridized carbons (Fsp3) is 0.333. The number of carbonyl (C=O) groups is 1. The van der Waals surface area contributed by atoms with E-state index in [1.807, 2.05) is 63.2 Å². The Kier molecular flexibility index (Phi) is 4.73. The summed E-state index contributed by atoms with van der Waals surface area (Å²) in [5.41, 5.74) is 1.92. The summed E-state index contributed by atoms with van der Waals surface area (Å²) in [7, 11) is 0. The Morgan fingerprint density at radius 2 is 1.71 bits per heavy atom. The van der Waals surface area contributed by atoms with E-state index >= 15 is 0 Å². The average molecular weight is 282 g/mol. The van der Waals surface area contributed by atoms with Crippen molar-refractivity contribution >= 4 is 5.91 Å². The molecule has 1 aromatic heterocycles. The topological polar surface area (TPSA) is 42.0 Å². The lowest BCUT2D eigenvalue weighted by Gasteiger charge is -2.25. The molecule has 1 atom stereocenters. The molecule has 0 aliphatic heterocycles. The summed E-state index contributed by atoms with van der Waals surface area (Å²) in [5, 5.41) is 3.08. The zero-order chi connectivity index (χ0) is 15.3. The summed E-state index contributed by atoms with van der Waals surface area (Å²) in [6, 6.07) is 13.8. The normalized spacial score (nSPS) is 12.7. The van der Waals surface area contributed by atoms with Gasteiger partial charge >= 0.3 is 0 Å². The van der Waals surface area contributed by atoms with Gasteiger partial charge in [0.1, 0.15) is 0 Å². The van der Waals surface area contributed by atoms with Crippen molar-refractivity contribution in [2.24, 2.45) is 0 Å². The lowest BCUT2D eigenvalue weighted by Crippen LogP contribution is -2.43. The minimum Gasteiger partial charge on any atom is -0.351 e. The second-order valence-electron chi connectivity index (χ2n) is 6.26. The smallest absolute Gasteiger partial charge is 0.228 e. The van der Waals surface area contributed by atoms with Crippen LogP contribution in [0.25, 0.3) is 0 Å². The van der Waals surface area contributed by atoms with Crippen LogP contribution < -0.4 is 5.32 Å². The minimum absolute atomic E-state index is 0.0607. The van der Waals surface area contributed by atoms with E-state index in [1.54, 1.807) is 12.4 Å². The van der Waals surface area contributed by atoms with Crippen LogP contribution in [0.4, 0.5) is 0 Å². The van der Waals surface area contributed by atoms with Crippen LogP contribution in [0.5, 0.6) is 0 Å². The van der Waals surface area contributed by atoms with Crippen LogP contribution in [0.2, 0.25) is 0 Å². The molecule has 2 aromatic rings. The molecule has 0 saturated heterocycles. The number of amides is 1. The van der Waals surface area contributed by atoms with Crippen LogP contribution in [0.3, 0.4) is 0 Å². The molecule has 3 nitrogen and oxygen atoms in total. The SMILES string of the molecule is CC(C)(C)NC(=O)C(Cc1ccncc1)c1ccccc1. The Morgan fingerprint density at radius 1 is 1.10 bits per heavy atom. The highest BCUT2D eigenvalue weighted by molar-refractivity contribution is 5.84. The summed E-state index contributed by atoms with van der Waals surface area (Å²) in [6.07, 6.45) is 4.20.